The second-order valence-electron chi connectivity index (χ2n) is 6.74. The monoisotopic (exact) mass is 421 g/mol. The van der Waals surface area contributed by atoms with Crippen LogP contribution in [0.2, 0.25) is 0 Å². The molecule has 1 amide bonds. The van der Waals surface area contributed by atoms with E-state index in [9.17, 15) is 30.0 Å². The van der Waals surface area contributed by atoms with Crippen molar-refractivity contribution in [2.75, 3.05) is 19.0 Å². The minimum Gasteiger partial charge on any atom is -0.394 e. The van der Waals surface area contributed by atoms with E-state index in [1.54, 1.807) is 30.3 Å². The van der Waals surface area contributed by atoms with Gasteiger partial charge in [0.1, 0.15) is 36.3 Å². The maximum Gasteiger partial charge on any atom is 0.351 e. The van der Waals surface area contributed by atoms with Gasteiger partial charge in [0.05, 0.1) is 6.61 Å². The van der Waals surface area contributed by atoms with Crippen LogP contribution in [-0.4, -0.2) is 80.1 Å². The molecule has 1 aliphatic rings. The number of methoxy groups -OCH3 is 1. The molecule has 2 aromatic rings. The molecule has 0 radical (unpaired) electrons. The number of ether oxygens (including phenoxy) is 2. The van der Waals surface area contributed by atoms with E-state index in [2.05, 4.69) is 10.3 Å². The highest BCUT2D eigenvalue weighted by molar-refractivity contribution is 6.03. The number of benzene rings is 1. The number of rotatable bonds is 5. The van der Waals surface area contributed by atoms with Gasteiger partial charge in [-0.3, -0.25) is 9.36 Å². The van der Waals surface area contributed by atoms with E-state index in [0.717, 1.165) is 4.57 Å². The highest BCUT2D eigenvalue weighted by atomic mass is 16.6. The summed E-state index contributed by atoms with van der Waals surface area (Å²) in [5.41, 5.74) is -0.463. The van der Waals surface area contributed by atoms with E-state index >= 15 is 0 Å². The maximum atomic E-state index is 12.6. The van der Waals surface area contributed by atoms with Crippen LogP contribution in [0, 0.1) is 0 Å². The Hall–Kier alpha value is -2.67. The quantitative estimate of drug-likeness (QED) is 0.386. The lowest BCUT2D eigenvalue weighted by Gasteiger charge is -2.29. The van der Waals surface area contributed by atoms with Crippen LogP contribution in [0.4, 0.5) is 5.82 Å². The maximum absolute atomic E-state index is 12.6. The SMILES string of the molecule is CO[C@H]1C(n2ccc(NC(=O)c3ccccc3)nc2=O)O[C@H](CO)[C@@H](O)[C@H](O)[C@H]1O. The van der Waals surface area contributed by atoms with E-state index in [0.29, 0.717) is 5.56 Å². The summed E-state index contributed by atoms with van der Waals surface area (Å²) < 4.78 is 11.7. The number of aliphatic hydroxyl groups is 4. The largest absolute Gasteiger partial charge is 0.394 e. The van der Waals surface area contributed by atoms with Crippen LogP contribution in [0.15, 0.2) is 47.4 Å². The van der Waals surface area contributed by atoms with E-state index in [1.807, 2.05) is 0 Å². The average molecular weight is 421 g/mol. The zero-order valence-electron chi connectivity index (χ0n) is 16.0. The number of hydrogen-bond donors (Lipinski definition) is 5. The first-order valence-electron chi connectivity index (χ1n) is 9.16. The molecule has 0 saturated carbocycles. The third kappa shape index (κ3) is 4.41. The Labute approximate surface area is 171 Å². The van der Waals surface area contributed by atoms with Crippen LogP contribution in [0.5, 0.6) is 0 Å². The fourth-order valence-electron chi connectivity index (χ4n) is 3.21. The molecule has 6 atom stereocenters. The van der Waals surface area contributed by atoms with Crippen LogP contribution in [0.3, 0.4) is 0 Å². The lowest BCUT2D eigenvalue weighted by molar-refractivity contribution is -0.161. The van der Waals surface area contributed by atoms with Crippen molar-refractivity contribution in [3.8, 4) is 0 Å². The lowest BCUT2D eigenvalue weighted by atomic mass is 10.0. The molecule has 30 heavy (non-hydrogen) atoms. The molecule has 3 rings (SSSR count). The second-order valence-corrected chi connectivity index (χ2v) is 6.74. The first-order valence-corrected chi connectivity index (χ1v) is 9.16. The zero-order chi connectivity index (χ0) is 21.8. The molecule has 0 aliphatic carbocycles. The molecular weight excluding hydrogens is 398 g/mol. The first-order chi connectivity index (χ1) is 14.4. The number of amides is 1. The van der Waals surface area contributed by atoms with Gasteiger partial charge in [-0.05, 0) is 18.2 Å². The van der Waals surface area contributed by atoms with E-state index in [1.165, 1.54) is 19.4 Å². The van der Waals surface area contributed by atoms with Crippen molar-refractivity contribution in [3.05, 3.63) is 58.6 Å². The molecule has 1 aromatic heterocycles. The van der Waals surface area contributed by atoms with Crippen molar-refractivity contribution in [3.63, 3.8) is 0 Å². The van der Waals surface area contributed by atoms with Crippen LogP contribution < -0.4 is 11.0 Å². The number of aliphatic hydroxyl groups excluding tert-OH is 4. The van der Waals surface area contributed by atoms with Crippen molar-refractivity contribution in [2.24, 2.45) is 0 Å². The van der Waals surface area contributed by atoms with Crippen LogP contribution in [-0.2, 0) is 9.47 Å². The minimum atomic E-state index is -1.68. The Balaban J connectivity index is 1.88. The first kappa shape index (κ1) is 22.0. The Bertz CT molecular complexity index is 921. The number of aromatic nitrogens is 2. The smallest absolute Gasteiger partial charge is 0.351 e. The normalized spacial score (nSPS) is 29.2. The number of nitrogens with one attached hydrogen (secondary N) is 1. The number of nitrogens with zero attached hydrogens (tertiary/aromatic N) is 2. The van der Waals surface area contributed by atoms with E-state index in [4.69, 9.17) is 9.47 Å². The molecule has 1 fully saturated rings. The van der Waals surface area contributed by atoms with Crippen molar-refractivity contribution in [1.82, 2.24) is 9.55 Å². The van der Waals surface area contributed by atoms with Gasteiger partial charge in [-0.1, -0.05) is 18.2 Å². The fourth-order valence-corrected chi connectivity index (χ4v) is 3.21. The molecule has 162 valence electrons. The number of anilines is 1. The predicted octanol–water partition coefficient (Wildman–Crippen LogP) is -1.52. The molecule has 1 aliphatic heterocycles. The Morgan fingerprint density at radius 2 is 1.87 bits per heavy atom. The van der Waals surface area contributed by atoms with Crippen LogP contribution in [0.25, 0.3) is 0 Å². The van der Waals surface area contributed by atoms with Gasteiger partial charge in [0.25, 0.3) is 5.91 Å². The molecule has 1 unspecified atom stereocenters. The van der Waals surface area contributed by atoms with Crippen LogP contribution in [0.1, 0.15) is 16.6 Å². The highest BCUT2D eigenvalue weighted by Crippen LogP contribution is 2.28. The average Bonchev–Trinajstić information content (AvgIpc) is 2.84. The number of carbonyl (C=O) groups is 1. The molecular formula is C19H23N3O8. The molecule has 1 saturated heterocycles. The van der Waals surface area contributed by atoms with Gasteiger partial charge in [-0.2, -0.15) is 4.98 Å². The van der Waals surface area contributed by atoms with Crippen molar-refractivity contribution in [2.45, 2.75) is 36.7 Å². The van der Waals surface area contributed by atoms with Gasteiger partial charge in [-0.15, -0.1) is 0 Å². The lowest BCUT2D eigenvalue weighted by Crippen LogP contribution is -2.48. The number of hydrogen-bond acceptors (Lipinski definition) is 9. The molecule has 11 heteroatoms. The van der Waals surface area contributed by atoms with E-state index < -0.39 is 55.0 Å². The van der Waals surface area contributed by atoms with Crippen molar-refractivity contribution in [1.29, 1.82) is 0 Å². The molecule has 5 N–H and O–H groups in total. The molecule has 0 bridgehead atoms. The second kappa shape index (κ2) is 9.43. The third-order valence-electron chi connectivity index (χ3n) is 4.85. The minimum absolute atomic E-state index is 0.00739. The van der Waals surface area contributed by atoms with Crippen LogP contribution >= 0.6 is 0 Å². The van der Waals surface area contributed by atoms with Gasteiger partial charge in [0, 0.05) is 18.9 Å². The summed E-state index contributed by atoms with van der Waals surface area (Å²) >= 11 is 0. The topological polar surface area (TPSA) is 163 Å². The Morgan fingerprint density at radius 1 is 1.17 bits per heavy atom. The van der Waals surface area contributed by atoms with Gasteiger partial charge in [-0.25, -0.2) is 4.79 Å². The fraction of sp³-hybridized carbons (Fsp3) is 0.421. The molecule has 2 heterocycles. The Kier molecular flexibility index (Phi) is 6.92. The molecule has 1 aromatic carbocycles. The summed E-state index contributed by atoms with van der Waals surface area (Å²) in [4.78, 5) is 28.6. The highest BCUT2D eigenvalue weighted by Gasteiger charge is 2.46. The summed E-state index contributed by atoms with van der Waals surface area (Å²) in [5, 5.41) is 42.5. The summed E-state index contributed by atoms with van der Waals surface area (Å²) in [5.74, 6) is -0.463. The zero-order valence-corrected chi connectivity index (χ0v) is 16.0. The van der Waals surface area contributed by atoms with E-state index in [-0.39, 0.29) is 5.82 Å². The third-order valence-corrected chi connectivity index (χ3v) is 4.85. The van der Waals surface area contributed by atoms with Gasteiger partial charge in [0.15, 0.2) is 6.23 Å². The van der Waals surface area contributed by atoms with Crippen molar-refractivity contribution >= 4 is 11.7 Å². The predicted molar refractivity (Wildman–Crippen MR) is 103 cm³/mol. The summed E-state index contributed by atoms with van der Waals surface area (Å²) in [7, 11) is 1.23. The van der Waals surface area contributed by atoms with Crippen molar-refractivity contribution < 1.29 is 34.7 Å². The molecule has 0 spiro atoms. The van der Waals surface area contributed by atoms with Gasteiger partial charge < -0.3 is 35.2 Å². The summed E-state index contributed by atoms with van der Waals surface area (Å²) in [6.45, 7) is -0.675. The standard InChI is InChI=1S/C19H23N3O8/c1-29-16-15(26)14(25)13(24)11(9-23)30-18(16)22-8-7-12(21-19(22)28)20-17(27)10-5-3-2-4-6-10/h2-8,11,13-16,18,23-26H,9H2,1H3,(H,20,21,27,28)/t11-,13-,14+,15-,16-,18?/m1/s1. The van der Waals surface area contributed by atoms with Gasteiger partial charge in [0.2, 0.25) is 0 Å². The molecule has 11 nitrogen and oxygen atoms in total. The Morgan fingerprint density at radius 3 is 2.47 bits per heavy atom. The number of carbonyl (C=O) groups excluding carboxylic acids is 1. The van der Waals surface area contributed by atoms with Gasteiger partial charge >= 0.3 is 5.69 Å². The summed E-state index contributed by atoms with van der Waals surface area (Å²) in [6, 6.07) is 9.70. The summed E-state index contributed by atoms with van der Waals surface area (Å²) in [6.07, 6.45) is -7.49.